The minimum absolute atomic E-state index is 0.0522. The highest BCUT2D eigenvalue weighted by Gasteiger charge is 2.27. The van der Waals surface area contributed by atoms with Gasteiger partial charge in [-0.1, -0.05) is 37.8 Å². The van der Waals surface area contributed by atoms with E-state index in [-0.39, 0.29) is 9.92 Å². The molecule has 1 aliphatic rings. The van der Waals surface area contributed by atoms with Crippen LogP contribution in [0.3, 0.4) is 0 Å². The van der Waals surface area contributed by atoms with Crippen molar-refractivity contribution in [3.05, 3.63) is 29.0 Å². The maximum Gasteiger partial charge on any atom is 0.244 e. The molecule has 0 atom stereocenters. The first-order chi connectivity index (χ1) is 12.4. The van der Waals surface area contributed by atoms with Crippen LogP contribution in [0.1, 0.15) is 32.6 Å². The zero-order valence-electron chi connectivity index (χ0n) is 15.3. The van der Waals surface area contributed by atoms with E-state index in [9.17, 15) is 12.8 Å². The van der Waals surface area contributed by atoms with Gasteiger partial charge in [-0.25, -0.2) is 12.8 Å². The highest BCUT2D eigenvalue weighted by molar-refractivity contribution is 7.89. The van der Waals surface area contributed by atoms with Gasteiger partial charge < -0.3 is 4.74 Å². The Morgan fingerprint density at radius 3 is 2.62 bits per heavy atom. The van der Waals surface area contributed by atoms with Crippen molar-refractivity contribution in [3.63, 3.8) is 0 Å². The summed E-state index contributed by atoms with van der Waals surface area (Å²) >= 11 is 6.06. The molecule has 0 aromatic heterocycles. The molecule has 0 aliphatic carbocycles. The van der Waals surface area contributed by atoms with E-state index < -0.39 is 15.8 Å². The van der Waals surface area contributed by atoms with Crippen LogP contribution >= 0.6 is 11.6 Å². The highest BCUT2D eigenvalue weighted by Crippen LogP contribution is 2.26. The summed E-state index contributed by atoms with van der Waals surface area (Å²) in [5.74, 6) is -0.605. The van der Waals surface area contributed by atoms with E-state index in [1.807, 2.05) is 0 Å². The fourth-order valence-corrected chi connectivity index (χ4v) is 4.91. The molecule has 0 radical (unpaired) electrons. The smallest absolute Gasteiger partial charge is 0.244 e. The first-order valence-corrected chi connectivity index (χ1v) is 11.0. The predicted molar refractivity (Wildman–Crippen MR) is 102 cm³/mol. The van der Waals surface area contributed by atoms with Crippen LogP contribution in [0.2, 0.25) is 5.02 Å². The van der Waals surface area contributed by atoms with E-state index in [1.165, 1.54) is 16.4 Å². The number of sulfonamides is 1. The Morgan fingerprint density at radius 2 is 1.92 bits per heavy atom. The normalized spacial score (nSPS) is 16.3. The van der Waals surface area contributed by atoms with E-state index in [2.05, 4.69) is 11.8 Å². The van der Waals surface area contributed by atoms with E-state index in [1.54, 1.807) is 0 Å². The van der Waals surface area contributed by atoms with Gasteiger partial charge in [0.05, 0.1) is 18.2 Å². The Bertz CT molecular complexity index is 666. The third-order valence-corrected chi connectivity index (χ3v) is 6.92. The van der Waals surface area contributed by atoms with Crippen LogP contribution < -0.4 is 0 Å². The highest BCUT2D eigenvalue weighted by atomic mass is 35.5. The van der Waals surface area contributed by atoms with Gasteiger partial charge in [0.2, 0.25) is 10.0 Å². The molecule has 148 valence electrons. The number of rotatable bonds is 10. The van der Waals surface area contributed by atoms with Crippen molar-refractivity contribution in [2.45, 2.75) is 37.5 Å². The van der Waals surface area contributed by atoms with Gasteiger partial charge >= 0.3 is 0 Å². The minimum atomic E-state index is -3.84. The molecule has 0 saturated carbocycles. The summed E-state index contributed by atoms with van der Waals surface area (Å²) in [6.07, 6.45) is 3.90. The lowest BCUT2D eigenvalue weighted by molar-refractivity contribution is 0.0362. The molecule has 0 spiro atoms. The maximum atomic E-state index is 13.6. The third-order valence-electron chi connectivity index (χ3n) is 4.54. The molecule has 0 bridgehead atoms. The lowest BCUT2D eigenvalue weighted by atomic mass is 10.2. The lowest BCUT2D eigenvalue weighted by Crippen LogP contribution is -2.43. The first kappa shape index (κ1) is 21.6. The van der Waals surface area contributed by atoms with Crippen molar-refractivity contribution < 1.29 is 17.5 Å². The van der Waals surface area contributed by atoms with Crippen molar-refractivity contribution in [1.29, 1.82) is 0 Å². The summed E-state index contributed by atoms with van der Waals surface area (Å²) in [5, 5.41) is 0.0522. The number of ether oxygens (including phenoxy) is 1. The molecule has 5 nitrogen and oxygen atoms in total. The fourth-order valence-electron chi connectivity index (χ4n) is 2.96. The van der Waals surface area contributed by atoms with Crippen LogP contribution in [0.5, 0.6) is 0 Å². The molecule has 1 aliphatic heterocycles. The van der Waals surface area contributed by atoms with Gasteiger partial charge in [0.25, 0.3) is 0 Å². The van der Waals surface area contributed by atoms with Crippen molar-refractivity contribution >= 4 is 21.6 Å². The summed E-state index contributed by atoms with van der Waals surface area (Å²) < 4.78 is 46.5. The average Bonchev–Trinajstić information content (AvgIpc) is 2.63. The van der Waals surface area contributed by atoms with Gasteiger partial charge in [0.1, 0.15) is 10.7 Å². The number of unbranched alkanes of at least 4 members (excludes halogenated alkanes) is 3. The molecule has 1 heterocycles. The van der Waals surface area contributed by atoms with Crippen molar-refractivity contribution in [2.75, 3.05) is 45.9 Å². The van der Waals surface area contributed by atoms with Gasteiger partial charge in [-0.05, 0) is 24.6 Å². The largest absolute Gasteiger partial charge is 0.379 e. The van der Waals surface area contributed by atoms with E-state index in [0.29, 0.717) is 32.8 Å². The summed E-state index contributed by atoms with van der Waals surface area (Å²) in [6, 6.07) is 3.47. The van der Waals surface area contributed by atoms with Gasteiger partial charge in [-0.3, -0.25) is 4.90 Å². The van der Waals surface area contributed by atoms with Crippen LogP contribution in [0.25, 0.3) is 0 Å². The number of hydrogen-bond acceptors (Lipinski definition) is 4. The average molecular weight is 407 g/mol. The fraction of sp³-hybridized carbons (Fsp3) is 0.667. The second kappa shape index (κ2) is 10.6. The number of halogens is 2. The monoisotopic (exact) mass is 406 g/mol. The Balaban J connectivity index is 2.12. The van der Waals surface area contributed by atoms with Gasteiger partial charge in [0.15, 0.2) is 0 Å². The Labute approximate surface area is 161 Å². The Morgan fingerprint density at radius 1 is 1.19 bits per heavy atom. The van der Waals surface area contributed by atoms with Gasteiger partial charge in [-0.15, -0.1) is 0 Å². The molecule has 1 fully saturated rings. The zero-order valence-corrected chi connectivity index (χ0v) is 16.9. The number of morpholine rings is 1. The third kappa shape index (κ3) is 6.16. The van der Waals surface area contributed by atoms with Crippen molar-refractivity contribution in [1.82, 2.24) is 9.21 Å². The molecule has 1 aromatic rings. The Kier molecular flexibility index (Phi) is 8.76. The minimum Gasteiger partial charge on any atom is -0.379 e. The predicted octanol–water partition coefficient (Wildman–Crippen LogP) is 3.38. The van der Waals surface area contributed by atoms with Gasteiger partial charge in [0, 0.05) is 32.7 Å². The second-order valence-corrected chi connectivity index (χ2v) is 8.81. The summed E-state index contributed by atoms with van der Waals surface area (Å²) in [6.45, 7) is 6.44. The summed E-state index contributed by atoms with van der Waals surface area (Å²) in [4.78, 5) is 2.03. The molecule has 26 heavy (non-hydrogen) atoms. The molecule has 1 saturated heterocycles. The summed E-state index contributed by atoms with van der Waals surface area (Å²) in [7, 11) is -3.84. The molecular weight excluding hydrogens is 379 g/mol. The van der Waals surface area contributed by atoms with Crippen LogP contribution in [0, 0.1) is 5.82 Å². The molecule has 8 heteroatoms. The number of hydrogen-bond donors (Lipinski definition) is 0. The quantitative estimate of drug-likeness (QED) is 0.559. The van der Waals surface area contributed by atoms with Crippen LogP contribution in [-0.2, 0) is 14.8 Å². The molecule has 0 unspecified atom stereocenters. The molecule has 0 N–H and O–H groups in total. The first-order valence-electron chi connectivity index (χ1n) is 9.20. The van der Waals surface area contributed by atoms with Crippen molar-refractivity contribution in [3.8, 4) is 0 Å². The maximum absolute atomic E-state index is 13.6. The van der Waals surface area contributed by atoms with E-state index in [4.69, 9.17) is 16.3 Å². The van der Waals surface area contributed by atoms with Crippen LogP contribution in [-0.4, -0.2) is 63.6 Å². The van der Waals surface area contributed by atoms with E-state index >= 15 is 0 Å². The lowest BCUT2D eigenvalue weighted by Gasteiger charge is -2.30. The molecule has 2 rings (SSSR count). The standard InChI is InChI=1S/C18H28ClFN2O3S/c1-2-3-4-5-8-22(10-9-21-11-13-25-14-12-21)26(23,24)18-15-16(20)6-7-17(18)19/h6-7,15H,2-5,8-14H2,1H3. The SMILES string of the molecule is CCCCCCN(CCN1CCOCC1)S(=O)(=O)c1cc(F)ccc1Cl. The molecule has 0 amide bonds. The molecular formula is C18H28ClFN2O3S. The molecule has 1 aromatic carbocycles. The van der Waals surface area contributed by atoms with Crippen molar-refractivity contribution in [2.24, 2.45) is 0 Å². The topological polar surface area (TPSA) is 49.9 Å². The Hall–Kier alpha value is -0.730. The van der Waals surface area contributed by atoms with Crippen LogP contribution in [0.15, 0.2) is 23.1 Å². The van der Waals surface area contributed by atoms with Gasteiger partial charge in [-0.2, -0.15) is 4.31 Å². The number of nitrogens with zero attached hydrogens (tertiary/aromatic N) is 2. The summed E-state index contributed by atoms with van der Waals surface area (Å²) in [5.41, 5.74) is 0. The number of benzene rings is 1. The van der Waals surface area contributed by atoms with E-state index in [0.717, 1.165) is 44.8 Å². The second-order valence-electron chi connectivity index (χ2n) is 6.49. The van der Waals surface area contributed by atoms with Crippen LogP contribution in [0.4, 0.5) is 4.39 Å². The zero-order chi connectivity index (χ0) is 19.0.